The van der Waals surface area contributed by atoms with E-state index in [0.717, 1.165) is 0 Å². The Balaban J connectivity index is 0.000000423. The lowest BCUT2D eigenvalue weighted by Gasteiger charge is -2.21. The van der Waals surface area contributed by atoms with E-state index in [1.54, 1.807) is 30.3 Å². The molecule has 0 saturated carbocycles. The molecule has 0 unspecified atom stereocenters. The maximum absolute atomic E-state index is 12.7. The van der Waals surface area contributed by atoms with Gasteiger partial charge in [0, 0.05) is 84.8 Å². The number of carbonyl (C=O) groups is 4. The molecule has 0 radical (unpaired) electrons. The van der Waals surface area contributed by atoms with Gasteiger partial charge in [0.05, 0.1) is 33.4 Å². The lowest BCUT2D eigenvalue weighted by atomic mass is 9.83. The Morgan fingerprint density at radius 2 is 0.848 bits per heavy atom. The van der Waals surface area contributed by atoms with Crippen molar-refractivity contribution >= 4 is 95.5 Å². The Bertz CT molecular complexity index is 1660. The van der Waals surface area contributed by atoms with Gasteiger partial charge in [-0.3, -0.25) is 29.1 Å². The molecule has 16 heteroatoms. The number of hydrogen-bond donors (Lipinski definition) is 6. The minimum absolute atomic E-state index is 0. The molecule has 2 heterocycles. The second-order valence-corrected chi connectivity index (χ2v) is 9.49. The minimum Gasteiger partial charge on any atom is -0.398 e. The van der Waals surface area contributed by atoms with E-state index < -0.39 is 0 Å². The molecular weight excluding hydrogens is 678 g/mol. The molecule has 2 aliphatic rings. The van der Waals surface area contributed by atoms with Crippen molar-refractivity contribution in [1.82, 2.24) is 9.97 Å². The Labute approximate surface area is 289 Å². The van der Waals surface area contributed by atoms with E-state index in [-0.39, 0.29) is 95.1 Å². The lowest BCUT2D eigenvalue weighted by molar-refractivity contribution is 0.0980. The highest BCUT2D eigenvalue weighted by Crippen LogP contribution is 2.36. The van der Waals surface area contributed by atoms with Gasteiger partial charge < -0.3 is 33.6 Å². The summed E-state index contributed by atoms with van der Waals surface area (Å²) in [4.78, 5) is 58.4. The van der Waals surface area contributed by atoms with Crippen LogP contribution in [0.4, 0.5) is 22.7 Å². The van der Waals surface area contributed by atoms with Crippen molar-refractivity contribution in [3.63, 3.8) is 0 Å². The summed E-state index contributed by atoms with van der Waals surface area (Å²) in [5.74, 6) is -1.01. The van der Waals surface area contributed by atoms with Gasteiger partial charge in [-0.1, -0.05) is 0 Å². The van der Waals surface area contributed by atoms with Gasteiger partial charge in [-0.25, -0.2) is 0 Å². The summed E-state index contributed by atoms with van der Waals surface area (Å²) in [6, 6.07) is 9.71. The average molecular weight is 710 g/mol. The van der Waals surface area contributed by atoms with Crippen LogP contribution in [0.2, 0.25) is 0 Å². The third-order valence-corrected chi connectivity index (χ3v) is 6.92. The maximum atomic E-state index is 12.7. The van der Waals surface area contributed by atoms with Crippen LogP contribution in [0, 0.1) is 0 Å². The topological polar surface area (TPSA) is 222 Å². The first kappa shape index (κ1) is 39.7. The first-order valence-corrected chi connectivity index (χ1v) is 13.1. The van der Waals surface area contributed by atoms with Gasteiger partial charge in [0.2, 0.25) is 0 Å². The Morgan fingerprint density at radius 3 is 1.24 bits per heavy atom. The third kappa shape index (κ3) is 7.07. The van der Waals surface area contributed by atoms with Gasteiger partial charge in [-0.2, -0.15) is 0 Å². The van der Waals surface area contributed by atoms with E-state index in [4.69, 9.17) is 22.9 Å². The molecule has 46 heavy (non-hydrogen) atoms. The fourth-order valence-corrected chi connectivity index (χ4v) is 4.99. The van der Waals surface area contributed by atoms with E-state index in [1.165, 1.54) is 30.9 Å². The maximum Gasteiger partial charge on any atom is 0.198 e. The first-order valence-electron chi connectivity index (χ1n) is 13.1. The van der Waals surface area contributed by atoms with Crippen LogP contribution in [0.15, 0.2) is 61.2 Å². The van der Waals surface area contributed by atoms with Crippen LogP contribution in [-0.4, -0.2) is 59.3 Å². The summed E-state index contributed by atoms with van der Waals surface area (Å²) in [6.45, 7) is 1.83. The molecule has 0 saturated heterocycles. The third-order valence-electron chi connectivity index (χ3n) is 6.92. The van der Waals surface area contributed by atoms with Crippen molar-refractivity contribution < 1.29 is 19.2 Å². The summed E-state index contributed by atoms with van der Waals surface area (Å²) in [5.41, 5.74) is 26.9. The van der Waals surface area contributed by atoms with E-state index in [0.29, 0.717) is 71.1 Å². The summed E-state index contributed by atoms with van der Waals surface area (Å²) >= 11 is 0. The molecule has 0 aliphatic heterocycles. The van der Waals surface area contributed by atoms with Gasteiger partial charge in [0.25, 0.3) is 0 Å². The fourth-order valence-electron chi connectivity index (χ4n) is 4.99. The predicted molar refractivity (Wildman–Crippen MR) is 188 cm³/mol. The van der Waals surface area contributed by atoms with E-state index in [9.17, 15) is 19.2 Å². The molecule has 6 rings (SSSR count). The quantitative estimate of drug-likeness (QED) is 0.137. The molecular formula is C30H32Cl4N8O4. The molecule has 0 fully saturated rings. The molecule has 0 spiro atoms. The Hall–Kier alpha value is -4.30. The molecule has 4 aromatic rings. The van der Waals surface area contributed by atoms with Crippen LogP contribution in [-0.2, 0) is 0 Å². The Kier molecular flexibility index (Phi) is 14.6. The number of carbonyl (C=O) groups excluding carboxylic acids is 4. The van der Waals surface area contributed by atoms with Gasteiger partial charge in [0.15, 0.2) is 23.1 Å². The molecule has 2 aromatic heterocycles. The second kappa shape index (κ2) is 16.9. The number of nitrogens with zero attached hydrogens (tertiary/aromatic N) is 2. The van der Waals surface area contributed by atoms with Crippen molar-refractivity contribution in [2.24, 2.45) is 11.5 Å². The SMILES string of the molecule is Cl.Cl.Cl.Cl.NCCNc1ccc(N)c2c1C(=O)c1ccncc1C2=O.NCCNc1ccc(N)c2c1C(=O)c1cnccc1C2=O. The number of anilines is 4. The second-order valence-electron chi connectivity index (χ2n) is 9.49. The summed E-state index contributed by atoms with van der Waals surface area (Å²) in [7, 11) is 0. The van der Waals surface area contributed by atoms with Crippen molar-refractivity contribution in [1.29, 1.82) is 0 Å². The number of halogens is 4. The van der Waals surface area contributed by atoms with Crippen molar-refractivity contribution in [3.8, 4) is 0 Å². The number of hydrogen-bond acceptors (Lipinski definition) is 12. The highest BCUT2D eigenvalue weighted by Gasteiger charge is 2.34. The first-order chi connectivity index (χ1) is 20.3. The zero-order valence-corrected chi connectivity index (χ0v) is 27.3. The van der Waals surface area contributed by atoms with Crippen LogP contribution in [0.5, 0.6) is 0 Å². The smallest absolute Gasteiger partial charge is 0.198 e. The fraction of sp³-hybridized carbons (Fsp3) is 0.133. The number of rotatable bonds is 6. The average Bonchev–Trinajstić information content (AvgIpc) is 3.01. The monoisotopic (exact) mass is 708 g/mol. The number of ketones is 4. The van der Waals surface area contributed by atoms with Crippen LogP contribution in [0.1, 0.15) is 63.7 Å². The highest BCUT2D eigenvalue weighted by atomic mass is 35.5. The Morgan fingerprint density at radius 1 is 0.500 bits per heavy atom. The molecule has 10 N–H and O–H groups in total. The van der Waals surface area contributed by atoms with Gasteiger partial charge in [0.1, 0.15) is 0 Å². The van der Waals surface area contributed by atoms with Gasteiger partial charge in [-0.05, 0) is 36.4 Å². The van der Waals surface area contributed by atoms with Crippen LogP contribution >= 0.6 is 49.6 Å². The van der Waals surface area contributed by atoms with E-state index in [2.05, 4.69) is 20.6 Å². The van der Waals surface area contributed by atoms with Crippen LogP contribution < -0.4 is 33.6 Å². The number of nitrogens with one attached hydrogen (secondary N) is 2. The zero-order chi connectivity index (χ0) is 30.0. The van der Waals surface area contributed by atoms with Gasteiger partial charge in [-0.15, -0.1) is 49.6 Å². The number of aromatic nitrogens is 2. The molecule has 244 valence electrons. The van der Waals surface area contributed by atoms with Crippen molar-refractivity contribution in [2.45, 2.75) is 0 Å². The predicted octanol–water partition coefficient (Wildman–Crippen LogP) is 3.31. The van der Waals surface area contributed by atoms with Crippen LogP contribution in [0.25, 0.3) is 0 Å². The van der Waals surface area contributed by atoms with Crippen molar-refractivity contribution in [2.75, 3.05) is 48.3 Å². The molecule has 2 aliphatic carbocycles. The summed E-state index contributed by atoms with van der Waals surface area (Å²) in [5, 5.41) is 6.12. The van der Waals surface area contributed by atoms with E-state index >= 15 is 0 Å². The van der Waals surface area contributed by atoms with Gasteiger partial charge >= 0.3 is 0 Å². The number of nitrogen functional groups attached to an aromatic ring is 2. The number of pyridine rings is 2. The molecule has 12 nitrogen and oxygen atoms in total. The number of fused-ring (bicyclic) bond motifs is 4. The largest absolute Gasteiger partial charge is 0.398 e. The summed E-state index contributed by atoms with van der Waals surface area (Å²) in [6.07, 6.45) is 5.79. The van der Waals surface area contributed by atoms with E-state index in [1.807, 2.05) is 0 Å². The number of nitrogens with two attached hydrogens (primary N) is 4. The molecule has 0 amide bonds. The molecule has 0 atom stereocenters. The molecule has 2 aromatic carbocycles. The minimum atomic E-state index is -0.276. The lowest BCUT2D eigenvalue weighted by Crippen LogP contribution is -2.25. The van der Waals surface area contributed by atoms with Crippen LogP contribution in [0.3, 0.4) is 0 Å². The zero-order valence-electron chi connectivity index (χ0n) is 24.1. The molecule has 0 bridgehead atoms. The number of benzene rings is 2. The highest BCUT2D eigenvalue weighted by molar-refractivity contribution is 6.32. The normalized spacial score (nSPS) is 11.7. The standard InChI is InChI=1S/2C15H14N4O2.4ClH/c16-4-6-19-11-2-1-10(17)12-13(11)14(20)8-3-5-18-7-9(8)15(12)21;16-4-6-19-11-2-1-10(17)12-13(11)15(21)9-7-18-5-3-8(9)14(12)20;;;;/h2*1-3,5,7,19H,4,6,16-17H2;4*1H. The summed E-state index contributed by atoms with van der Waals surface area (Å²) < 4.78 is 0. The van der Waals surface area contributed by atoms with Crippen molar-refractivity contribution in [3.05, 3.63) is 106 Å².